The third-order valence-electron chi connectivity index (χ3n) is 4.05. The van der Waals surface area contributed by atoms with Crippen molar-refractivity contribution in [2.45, 2.75) is 34.1 Å². The molecule has 0 saturated heterocycles. The van der Waals surface area contributed by atoms with Crippen LogP contribution in [0.3, 0.4) is 0 Å². The van der Waals surface area contributed by atoms with E-state index in [-0.39, 0.29) is 28.7 Å². The number of rotatable bonds is 6. The molecule has 0 aliphatic rings. The van der Waals surface area contributed by atoms with E-state index in [1.165, 1.54) is 25.1 Å². The Morgan fingerprint density at radius 2 is 1.56 bits per heavy atom. The lowest BCUT2D eigenvalue weighted by molar-refractivity contribution is -0.135. The first-order chi connectivity index (χ1) is 12.7. The van der Waals surface area contributed by atoms with E-state index < -0.39 is 11.8 Å². The first-order valence-corrected chi connectivity index (χ1v) is 8.54. The Morgan fingerprint density at radius 3 is 2.07 bits per heavy atom. The highest BCUT2D eigenvalue weighted by Gasteiger charge is 2.12. The summed E-state index contributed by atoms with van der Waals surface area (Å²) in [7, 11) is 0. The molecule has 27 heavy (non-hydrogen) atoms. The van der Waals surface area contributed by atoms with Gasteiger partial charge in [-0.1, -0.05) is 31.7 Å². The monoisotopic (exact) mass is 372 g/mol. The van der Waals surface area contributed by atoms with Gasteiger partial charge in [-0.2, -0.15) is 0 Å². The number of aryl methyl sites for hydroxylation is 1. The van der Waals surface area contributed by atoms with Crippen molar-refractivity contribution in [3.8, 4) is 16.9 Å². The highest BCUT2D eigenvalue weighted by atomic mass is 19.1. The first-order valence-electron chi connectivity index (χ1n) is 8.54. The summed E-state index contributed by atoms with van der Waals surface area (Å²) < 4.78 is 38.9. The Balaban J connectivity index is 2.23. The van der Waals surface area contributed by atoms with Crippen molar-refractivity contribution in [1.82, 2.24) is 0 Å². The maximum absolute atomic E-state index is 14.4. The summed E-state index contributed by atoms with van der Waals surface area (Å²) >= 11 is 0. The van der Waals surface area contributed by atoms with Gasteiger partial charge in [-0.3, -0.25) is 0 Å². The summed E-state index contributed by atoms with van der Waals surface area (Å²) in [6.45, 7) is 10.00. The largest absolute Gasteiger partial charge is 0.455 e. The van der Waals surface area contributed by atoms with Gasteiger partial charge in [0, 0.05) is 5.57 Å². The Hall–Kier alpha value is -2.95. The van der Waals surface area contributed by atoms with Crippen molar-refractivity contribution < 1.29 is 23.0 Å². The molecular weight excluding hydrogens is 350 g/mol. The Bertz CT molecular complexity index is 914. The molecular formula is C22H22F2O3. The average molecular weight is 372 g/mol. The quantitative estimate of drug-likeness (QED) is 0.357. The predicted octanol–water partition coefficient (Wildman–Crippen LogP) is 5.94. The summed E-state index contributed by atoms with van der Waals surface area (Å²) in [4.78, 5) is 11.5. The predicted molar refractivity (Wildman–Crippen MR) is 101 cm³/mol. The molecule has 3 nitrogen and oxygen atoms in total. The lowest BCUT2D eigenvalue weighted by Gasteiger charge is -2.12. The van der Waals surface area contributed by atoms with Crippen LogP contribution in [0.2, 0.25) is 0 Å². The summed E-state index contributed by atoms with van der Waals surface area (Å²) in [6, 6.07) is 9.20. The fourth-order valence-electron chi connectivity index (χ4n) is 2.31. The van der Waals surface area contributed by atoms with E-state index in [0.29, 0.717) is 23.1 Å². The van der Waals surface area contributed by atoms with Gasteiger partial charge in [0.2, 0.25) is 0 Å². The molecule has 0 aliphatic heterocycles. The van der Waals surface area contributed by atoms with Crippen LogP contribution in [0.25, 0.3) is 11.1 Å². The molecule has 2 rings (SSSR count). The molecule has 2 aromatic carbocycles. The molecule has 0 bridgehead atoms. The number of carbonyl (C=O) groups is 1. The number of allylic oxidation sites excluding steroid dienone is 2. The second kappa shape index (κ2) is 8.62. The number of esters is 1. The van der Waals surface area contributed by atoms with Crippen molar-refractivity contribution in [3.63, 3.8) is 0 Å². The molecule has 5 heteroatoms. The van der Waals surface area contributed by atoms with E-state index >= 15 is 0 Å². The van der Waals surface area contributed by atoms with Gasteiger partial charge in [-0.15, -0.1) is 0 Å². The average Bonchev–Trinajstić information content (AvgIpc) is 2.62. The fraction of sp³-hybridized carbons (Fsp3) is 0.227. The molecule has 0 spiro atoms. The van der Waals surface area contributed by atoms with Crippen molar-refractivity contribution in [1.29, 1.82) is 0 Å². The maximum Gasteiger partial charge on any atom is 0.338 e. The summed E-state index contributed by atoms with van der Waals surface area (Å²) in [5.41, 5.74) is 1.97. The van der Waals surface area contributed by atoms with Crippen LogP contribution in [-0.2, 0) is 16.0 Å². The molecule has 0 saturated carbocycles. The van der Waals surface area contributed by atoms with Crippen molar-refractivity contribution in [2.75, 3.05) is 0 Å². The highest BCUT2D eigenvalue weighted by Crippen LogP contribution is 2.28. The zero-order chi connectivity index (χ0) is 20.1. The van der Waals surface area contributed by atoms with E-state index in [0.717, 1.165) is 0 Å². The summed E-state index contributed by atoms with van der Waals surface area (Å²) in [6.07, 6.45) is 0.591. The standard InChI is InChI=1S/C22H22F2O3/c1-6-16-7-8-17(11-19(16)23)18-9-10-21(20(24)12-18)26-14(4)15(5)27-22(25)13(2)3/h7-12H,2,6H2,1,3-5H3/b15-14+. The second-order valence-corrected chi connectivity index (χ2v) is 6.19. The summed E-state index contributed by atoms with van der Waals surface area (Å²) in [5, 5.41) is 0. The number of ether oxygens (including phenoxy) is 2. The van der Waals surface area contributed by atoms with E-state index in [9.17, 15) is 13.6 Å². The molecule has 0 N–H and O–H groups in total. The van der Waals surface area contributed by atoms with Gasteiger partial charge in [-0.05, 0) is 62.1 Å². The molecule has 0 aromatic heterocycles. The molecule has 0 unspecified atom stereocenters. The lowest BCUT2D eigenvalue weighted by atomic mass is 10.0. The number of carbonyl (C=O) groups excluding carboxylic acids is 1. The molecule has 142 valence electrons. The zero-order valence-electron chi connectivity index (χ0n) is 15.9. The van der Waals surface area contributed by atoms with Gasteiger partial charge in [0.25, 0.3) is 0 Å². The molecule has 0 atom stereocenters. The van der Waals surface area contributed by atoms with Gasteiger partial charge >= 0.3 is 5.97 Å². The minimum absolute atomic E-state index is 0.0207. The van der Waals surface area contributed by atoms with Gasteiger partial charge in [0.15, 0.2) is 11.6 Å². The van der Waals surface area contributed by atoms with Gasteiger partial charge in [0.1, 0.15) is 17.3 Å². The zero-order valence-corrected chi connectivity index (χ0v) is 15.9. The number of halogens is 2. The van der Waals surface area contributed by atoms with Crippen LogP contribution in [0.15, 0.2) is 60.1 Å². The van der Waals surface area contributed by atoms with Gasteiger partial charge in [-0.25, -0.2) is 13.6 Å². The van der Waals surface area contributed by atoms with Crippen LogP contribution in [-0.4, -0.2) is 5.97 Å². The molecule has 0 aliphatic carbocycles. The minimum atomic E-state index is -0.606. The van der Waals surface area contributed by atoms with Gasteiger partial charge in [0.05, 0.1) is 0 Å². The molecule has 0 heterocycles. The third-order valence-corrected chi connectivity index (χ3v) is 4.05. The van der Waals surface area contributed by atoms with Crippen LogP contribution < -0.4 is 4.74 Å². The lowest BCUT2D eigenvalue weighted by Crippen LogP contribution is -2.07. The topological polar surface area (TPSA) is 35.5 Å². The molecule has 2 aromatic rings. The number of hydrogen-bond donors (Lipinski definition) is 0. The Labute approximate surface area is 157 Å². The van der Waals surface area contributed by atoms with E-state index in [2.05, 4.69) is 6.58 Å². The highest BCUT2D eigenvalue weighted by molar-refractivity contribution is 5.87. The third kappa shape index (κ3) is 5.03. The molecule has 0 radical (unpaired) electrons. The fourth-order valence-corrected chi connectivity index (χ4v) is 2.31. The van der Waals surface area contributed by atoms with E-state index in [1.54, 1.807) is 32.0 Å². The van der Waals surface area contributed by atoms with Crippen molar-refractivity contribution in [3.05, 3.63) is 77.3 Å². The van der Waals surface area contributed by atoms with Crippen LogP contribution >= 0.6 is 0 Å². The van der Waals surface area contributed by atoms with Crippen LogP contribution in [0.4, 0.5) is 8.78 Å². The van der Waals surface area contributed by atoms with Crippen molar-refractivity contribution in [2.24, 2.45) is 0 Å². The van der Waals surface area contributed by atoms with Crippen LogP contribution in [0.1, 0.15) is 33.3 Å². The number of hydrogen-bond acceptors (Lipinski definition) is 3. The minimum Gasteiger partial charge on any atom is -0.455 e. The first kappa shape index (κ1) is 20.4. The molecule has 0 fully saturated rings. The Kier molecular flexibility index (Phi) is 6.50. The molecule has 0 amide bonds. The normalized spacial score (nSPS) is 11.6. The van der Waals surface area contributed by atoms with E-state index in [1.807, 2.05) is 6.92 Å². The van der Waals surface area contributed by atoms with Crippen molar-refractivity contribution >= 4 is 5.97 Å². The maximum atomic E-state index is 14.4. The number of benzene rings is 2. The van der Waals surface area contributed by atoms with Crippen LogP contribution in [0.5, 0.6) is 5.75 Å². The van der Waals surface area contributed by atoms with Gasteiger partial charge < -0.3 is 9.47 Å². The second-order valence-electron chi connectivity index (χ2n) is 6.19. The van der Waals surface area contributed by atoms with Crippen LogP contribution in [0, 0.1) is 11.6 Å². The smallest absolute Gasteiger partial charge is 0.338 e. The SMILES string of the molecule is C=C(C)C(=O)O/C(C)=C(\C)Oc1ccc(-c2ccc(CC)c(F)c2)cc1F. The Morgan fingerprint density at radius 1 is 0.963 bits per heavy atom. The summed E-state index contributed by atoms with van der Waals surface area (Å²) in [5.74, 6) is -1.06. The van der Waals surface area contributed by atoms with E-state index in [4.69, 9.17) is 9.47 Å².